The monoisotopic (exact) mass is 296 g/mol. The van der Waals surface area contributed by atoms with E-state index in [1.54, 1.807) is 25.1 Å². The minimum absolute atomic E-state index is 0.170. The zero-order chi connectivity index (χ0) is 14.7. The van der Waals surface area contributed by atoms with E-state index in [-0.39, 0.29) is 6.54 Å². The number of ether oxygens (including phenoxy) is 1. The van der Waals surface area contributed by atoms with Crippen LogP contribution >= 0.6 is 11.6 Å². The molecule has 0 bridgehead atoms. The Morgan fingerprint density at radius 2 is 2.30 bits per heavy atom. The number of aromatic nitrogens is 4. The topological polar surface area (TPSA) is 90.1 Å². The van der Waals surface area contributed by atoms with E-state index in [0.29, 0.717) is 22.2 Å². The highest BCUT2D eigenvalue weighted by Crippen LogP contribution is 2.30. The first-order valence-electron chi connectivity index (χ1n) is 5.85. The van der Waals surface area contributed by atoms with E-state index >= 15 is 0 Å². The molecule has 106 valence electrons. The van der Waals surface area contributed by atoms with E-state index in [9.17, 15) is 4.79 Å². The third-order valence-electron chi connectivity index (χ3n) is 2.80. The van der Waals surface area contributed by atoms with E-state index in [4.69, 9.17) is 21.4 Å². The summed E-state index contributed by atoms with van der Waals surface area (Å²) in [5.41, 5.74) is 0.652. The Labute approximate surface area is 120 Å². The fourth-order valence-electron chi connectivity index (χ4n) is 1.71. The summed E-state index contributed by atoms with van der Waals surface area (Å²) in [5.74, 6) is -0.548. The number of nitrogens with zero attached hydrogens (tertiary/aromatic N) is 4. The second kappa shape index (κ2) is 5.87. The van der Waals surface area contributed by atoms with Crippen LogP contribution in [0.15, 0.2) is 18.2 Å². The summed E-state index contributed by atoms with van der Waals surface area (Å²) < 4.78 is 6.68. The highest BCUT2D eigenvalue weighted by molar-refractivity contribution is 6.30. The smallest absolute Gasteiger partial charge is 0.308 e. The molecular weight excluding hydrogens is 284 g/mol. The molecule has 1 atom stereocenters. The number of rotatable bonds is 5. The molecule has 0 spiro atoms. The van der Waals surface area contributed by atoms with Crippen LogP contribution in [0, 0.1) is 5.92 Å². The molecule has 1 heterocycles. The largest absolute Gasteiger partial charge is 0.496 e. The molecule has 2 rings (SSSR count). The van der Waals surface area contributed by atoms with Crippen molar-refractivity contribution >= 4 is 17.6 Å². The molecule has 0 fully saturated rings. The number of hydrogen-bond acceptors (Lipinski definition) is 5. The quantitative estimate of drug-likeness (QED) is 0.903. The van der Waals surface area contributed by atoms with Crippen molar-refractivity contribution in [3.8, 4) is 17.1 Å². The van der Waals surface area contributed by atoms with Crippen molar-refractivity contribution in [3.63, 3.8) is 0 Å². The van der Waals surface area contributed by atoms with Gasteiger partial charge in [0.2, 0.25) is 0 Å². The Balaban J connectivity index is 2.39. The third kappa shape index (κ3) is 2.88. The second-order valence-electron chi connectivity index (χ2n) is 4.27. The molecule has 1 aromatic heterocycles. The molecular formula is C12H13ClN4O3. The van der Waals surface area contributed by atoms with E-state index in [1.807, 2.05) is 0 Å². The number of aliphatic carboxylic acids is 1. The molecule has 0 saturated heterocycles. The number of carboxylic acid groups (broad SMARTS) is 1. The first-order chi connectivity index (χ1) is 9.52. The van der Waals surface area contributed by atoms with Crippen molar-refractivity contribution in [2.24, 2.45) is 5.92 Å². The Kier molecular flexibility index (Phi) is 4.19. The highest BCUT2D eigenvalue weighted by atomic mass is 35.5. The molecule has 0 aliphatic rings. The summed E-state index contributed by atoms with van der Waals surface area (Å²) in [6.07, 6.45) is 0. The highest BCUT2D eigenvalue weighted by Gasteiger charge is 2.18. The van der Waals surface area contributed by atoms with Crippen LogP contribution in [0.5, 0.6) is 5.75 Å². The first kappa shape index (κ1) is 14.3. The van der Waals surface area contributed by atoms with Crippen LogP contribution in [-0.2, 0) is 11.3 Å². The molecule has 7 nitrogen and oxygen atoms in total. The van der Waals surface area contributed by atoms with Crippen LogP contribution in [0.2, 0.25) is 5.02 Å². The van der Waals surface area contributed by atoms with Crippen LogP contribution < -0.4 is 4.74 Å². The number of hydrogen-bond donors (Lipinski definition) is 1. The number of methoxy groups -OCH3 is 1. The Morgan fingerprint density at radius 3 is 2.95 bits per heavy atom. The van der Waals surface area contributed by atoms with Gasteiger partial charge in [-0.15, -0.1) is 5.10 Å². The SMILES string of the molecule is COc1cc(Cl)ccc1-c1nnnn1CC(C)C(=O)O. The number of halogens is 1. The van der Waals surface area contributed by atoms with Crippen molar-refractivity contribution < 1.29 is 14.6 Å². The molecule has 0 saturated carbocycles. The van der Waals surface area contributed by atoms with Gasteiger partial charge in [-0.25, -0.2) is 4.68 Å². The summed E-state index contributed by atoms with van der Waals surface area (Å²) in [7, 11) is 1.52. The van der Waals surface area contributed by atoms with Crippen LogP contribution in [0.25, 0.3) is 11.4 Å². The zero-order valence-corrected chi connectivity index (χ0v) is 11.7. The lowest BCUT2D eigenvalue weighted by molar-refractivity contribution is -0.141. The van der Waals surface area contributed by atoms with Gasteiger partial charge in [0.25, 0.3) is 0 Å². The molecule has 1 unspecified atom stereocenters. The Hall–Kier alpha value is -2.15. The van der Waals surface area contributed by atoms with Crippen LogP contribution in [0.1, 0.15) is 6.92 Å². The van der Waals surface area contributed by atoms with Crippen molar-refractivity contribution in [1.29, 1.82) is 0 Å². The minimum atomic E-state index is -0.908. The van der Waals surface area contributed by atoms with Gasteiger partial charge < -0.3 is 9.84 Å². The van der Waals surface area contributed by atoms with Crippen LogP contribution in [0.4, 0.5) is 0 Å². The maximum atomic E-state index is 10.9. The molecule has 8 heteroatoms. The third-order valence-corrected chi connectivity index (χ3v) is 3.04. The van der Waals surface area contributed by atoms with Crippen molar-refractivity contribution in [2.45, 2.75) is 13.5 Å². The van der Waals surface area contributed by atoms with Gasteiger partial charge >= 0.3 is 5.97 Å². The lowest BCUT2D eigenvalue weighted by atomic mass is 10.1. The summed E-state index contributed by atoms with van der Waals surface area (Å²) in [6, 6.07) is 5.07. The summed E-state index contributed by atoms with van der Waals surface area (Å²) in [4.78, 5) is 10.9. The lowest BCUT2D eigenvalue weighted by Gasteiger charge is -2.10. The predicted molar refractivity (Wildman–Crippen MR) is 71.6 cm³/mol. The minimum Gasteiger partial charge on any atom is -0.496 e. The van der Waals surface area contributed by atoms with Gasteiger partial charge in [-0.05, 0) is 28.6 Å². The number of tetrazole rings is 1. The first-order valence-corrected chi connectivity index (χ1v) is 6.23. The van der Waals surface area contributed by atoms with Gasteiger partial charge in [-0.2, -0.15) is 0 Å². The average Bonchev–Trinajstić information content (AvgIpc) is 2.86. The van der Waals surface area contributed by atoms with Gasteiger partial charge in [0.05, 0.1) is 25.1 Å². The lowest BCUT2D eigenvalue weighted by Crippen LogP contribution is -2.18. The van der Waals surface area contributed by atoms with Gasteiger partial charge in [-0.1, -0.05) is 18.5 Å². The number of carboxylic acids is 1. The number of benzene rings is 1. The normalized spacial score (nSPS) is 12.2. The van der Waals surface area contributed by atoms with Crippen LogP contribution in [0.3, 0.4) is 0 Å². The van der Waals surface area contributed by atoms with Crippen molar-refractivity contribution in [3.05, 3.63) is 23.2 Å². The maximum Gasteiger partial charge on any atom is 0.308 e. The summed E-state index contributed by atoms with van der Waals surface area (Å²) in [5, 5.41) is 20.8. The molecule has 0 amide bonds. The zero-order valence-electron chi connectivity index (χ0n) is 10.9. The van der Waals surface area contributed by atoms with E-state index < -0.39 is 11.9 Å². The average molecular weight is 297 g/mol. The maximum absolute atomic E-state index is 10.9. The molecule has 2 aromatic rings. The van der Waals surface area contributed by atoms with E-state index in [1.165, 1.54) is 11.8 Å². The summed E-state index contributed by atoms with van der Waals surface area (Å²) >= 11 is 5.91. The van der Waals surface area contributed by atoms with Crippen molar-refractivity contribution in [2.75, 3.05) is 7.11 Å². The van der Waals surface area contributed by atoms with E-state index in [2.05, 4.69) is 15.5 Å². The standard InChI is InChI=1S/C12H13ClN4O3/c1-7(12(18)19)6-17-11(14-15-16-17)9-4-3-8(13)5-10(9)20-2/h3-5,7H,6H2,1-2H3,(H,18,19). The fraction of sp³-hybridized carbons (Fsp3) is 0.333. The Morgan fingerprint density at radius 1 is 1.55 bits per heavy atom. The molecule has 0 radical (unpaired) electrons. The molecule has 1 aromatic carbocycles. The molecule has 1 N–H and O–H groups in total. The van der Waals surface area contributed by atoms with Gasteiger partial charge in [0, 0.05) is 5.02 Å². The molecule has 0 aliphatic carbocycles. The fourth-order valence-corrected chi connectivity index (χ4v) is 1.87. The van der Waals surface area contributed by atoms with E-state index in [0.717, 1.165) is 0 Å². The Bertz CT molecular complexity index is 629. The van der Waals surface area contributed by atoms with Gasteiger partial charge in [0.15, 0.2) is 5.82 Å². The second-order valence-corrected chi connectivity index (χ2v) is 4.70. The van der Waals surface area contributed by atoms with Crippen molar-refractivity contribution in [1.82, 2.24) is 20.2 Å². The predicted octanol–water partition coefficient (Wildman–Crippen LogP) is 1.72. The molecule has 20 heavy (non-hydrogen) atoms. The number of carbonyl (C=O) groups is 1. The molecule has 0 aliphatic heterocycles. The van der Waals surface area contributed by atoms with Crippen LogP contribution in [-0.4, -0.2) is 38.4 Å². The summed E-state index contributed by atoms with van der Waals surface area (Å²) in [6.45, 7) is 1.76. The van der Waals surface area contributed by atoms with Gasteiger partial charge in [0.1, 0.15) is 5.75 Å². The van der Waals surface area contributed by atoms with Gasteiger partial charge in [-0.3, -0.25) is 4.79 Å².